The molecule has 0 aliphatic carbocycles. The second kappa shape index (κ2) is 9.79. The predicted molar refractivity (Wildman–Crippen MR) is 162 cm³/mol. The number of hydrogen-bond acceptors (Lipinski definition) is 8. The lowest BCUT2D eigenvalue weighted by atomic mass is 9.98. The van der Waals surface area contributed by atoms with Crippen molar-refractivity contribution < 1.29 is 9.85 Å². The van der Waals surface area contributed by atoms with Gasteiger partial charge in [0.25, 0.3) is 11.4 Å². The predicted octanol–water partition coefficient (Wildman–Crippen LogP) is 6.45. The van der Waals surface area contributed by atoms with E-state index in [1.54, 1.807) is 24.3 Å². The number of nitrogens with zero attached hydrogens (tertiary/aromatic N) is 6. The van der Waals surface area contributed by atoms with E-state index >= 15 is 0 Å². The third kappa shape index (κ3) is 4.52. The van der Waals surface area contributed by atoms with Gasteiger partial charge in [-0.3, -0.25) is 20.2 Å². The summed E-state index contributed by atoms with van der Waals surface area (Å²) in [5, 5.41) is 23.2. The van der Waals surface area contributed by atoms with Crippen LogP contribution in [0, 0.1) is 20.2 Å². The highest BCUT2D eigenvalue weighted by molar-refractivity contribution is 6.36. The summed E-state index contributed by atoms with van der Waals surface area (Å²) in [7, 11) is 0. The van der Waals surface area contributed by atoms with E-state index < -0.39 is 9.85 Å². The van der Waals surface area contributed by atoms with Crippen LogP contribution in [-0.4, -0.2) is 32.7 Å². The molecule has 5 aliphatic rings. The Morgan fingerprint density at radius 1 is 0.524 bits per heavy atom. The first-order valence-electron chi connectivity index (χ1n) is 12.9. The number of rotatable bonds is 4. The van der Waals surface area contributed by atoms with Crippen LogP contribution in [0.15, 0.2) is 152 Å². The fraction of sp³-hybridized carbons (Fsp3) is 0. The van der Waals surface area contributed by atoms with E-state index in [4.69, 9.17) is 15.0 Å². The zero-order chi connectivity index (χ0) is 28.8. The molecule has 10 heteroatoms. The molecule has 0 saturated carbocycles. The quantitative estimate of drug-likeness (QED) is 0.319. The van der Waals surface area contributed by atoms with Gasteiger partial charge in [-0.25, -0.2) is 20.0 Å². The standard InChI is InChI=1S/C32H18N6O4/c39-37(40)25-5-1-3-19(15-25)31-27-11-9-23(34-27)17-21-7-8-22(33-21)18-24-10-12-28(35-24)32(30-14-13-29(31)36-30)20-4-2-6-26(16-20)38(41)42/h1-18H. The molecule has 200 valence electrons. The first kappa shape index (κ1) is 24.9. The van der Waals surface area contributed by atoms with Gasteiger partial charge in [-0.15, -0.1) is 0 Å². The molecule has 0 amide bonds. The van der Waals surface area contributed by atoms with Crippen molar-refractivity contribution >= 4 is 45.4 Å². The molecule has 0 fully saturated rings. The van der Waals surface area contributed by atoms with E-state index in [0.29, 0.717) is 56.5 Å². The summed E-state index contributed by atoms with van der Waals surface area (Å²) in [6.45, 7) is 0. The van der Waals surface area contributed by atoms with Crippen molar-refractivity contribution in [2.45, 2.75) is 0 Å². The number of hydrogen-bond donors (Lipinski definition) is 0. The Bertz CT molecular complexity index is 1970. The number of allylic oxidation sites excluding steroid dienone is 12. The van der Waals surface area contributed by atoms with Gasteiger partial charge in [-0.1, -0.05) is 24.3 Å². The second-order valence-corrected chi connectivity index (χ2v) is 9.67. The van der Waals surface area contributed by atoms with E-state index in [1.807, 2.05) is 60.8 Å². The van der Waals surface area contributed by atoms with Crippen LogP contribution in [0.25, 0.3) is 11.1 Å². The zero-order valence-electron chi connectivity index (χ0n) is 21.7. The summed E-state index contributed by atoms with van der Waals surface area (Å²) in [6.07, 6.45) is 18.5. The Morgan fingerprint density at radius 2 is 1.02 bits per heavy atom. The minimum absolute atomic E-state index is 0.0561. The van der Waals surface area contributed by atoms with E-state index in [1.165, 1.54) is 24.3 Å². The lowest BCUT2D eigenvalue weighted by Gasteiger charge is -2.10. The molecule has 5 aliphatic heterocycles. The van der Waals surface area contributed by atoms with E-state index in [0.717, 1.165) is 11.4 Å². The summed E-state index contributed by atoms with van der Waals surface area (Å²) < 4.78 is 0. The van der Waals surface area contributed by atoms with Crippen LogP contribution in [0.4, 0.5) is 11.4 Å². The molecule has 0 saturated heterocycles. The molecule has 0 unspecified atom stereocenters. The molecule has 0 spiro atoms. The summed E-state index contributed by atoms with van der Waals surface area (Å²) in [5.41, 5.74) is 7.30. The minimum atomic E-state index is -0.441. The average molecular weight is 551 g/mol. The van der Waals surface area contributed by atoms with Crippen molar-refractivity contribution in [2.75, 3.05) is 0 Å². The Balaban J connectivity index is 1.50. The maximum absolute atomic E-state index is 11.6. The van der Waals surface area contributed by atoms with Crippen LogP contribution in [0.5, 0.6) is 0 Å². The number of nitro benzene ring substituents is 2. The van der Waals surface area contributed by atoms with Gasteiger partial charge in [0.1, 0.15) is 0 Å². The molecule has 0 atom stereocenters. The van der Waals surface area contributed by atoms with Crippen molar-refractivity contribution in [1.82, 2.24) is 0 Å². The Labute approximate surface area is 238 Å². The van der Waals surface area contributed by atoms with Crippen LogP contribution in [0.3, 0.4) is 0 Å². The molecule has 2 aromatic rings. The van der Waals surface area contributed by atoms with E-state index in [-0.39, 0.29) is 11.4 Å². The van der Waals surface area contributed by atoms with Crippen molar-refractivity contribution in [2.24, 2.45) is 20.0 Å². The summed E-state index contributed by atoms with van der Waals surface area (Å²) in [5.74, 6) is 0. The van der Waals surface area contributed by atoms with Crippen molar-refractivity contribution in [3.05, 3.63) is 163 Å². The summed E-state index contributed by atoms with van der Waals surface area (Å²) in [4.78, 5) is 41.6. The number of aliphatic imine (C=N–C) groups is 4. The first-order valence-corrected chi connectivity index (χ1v) is 12.9. The molecule has 0 aromatic heterocycles. The smallest absolute Gasteiger partial charge is 0.258 e. The highest BCUT2D eigenvalue weighted by atomic mass is 16.6. The largest absolute Gasteiger partial charge is 0.270 e. The molecule has 7 rings (SSSR count). The molecule has 2 aromatic carbocycles. The molecule has 42 heavy (non-hydrogen) atoms. The van der Waals surface area contributed by atoms with Crippen LogP contribution < -0.4 is 0 Å². The van der Waals surface area contributed by atoms with Gasteiger partial charge in [-0.05, 0) is 71.9 Å². The third-order valence-corrected chi connectivity index (χ3v) is 6.95. The maximum atomic E-state index is 11.6. The van der Waals surface area contributed by atoms with Gasteiger partial charge >= 0.3 is 0 Å². The van der Waals surface area contributed by atoms with Gasteiger partial charge < -0.3 is 0 Å². The molecule has 10 nitrogen and oxygen atoms in total. The van der Waals surface area contributed by atoms with Crippen LogP contribution in [-0.2, 0) is 0 Å². The third-order valence-electron chi connectivity index (χ3n) is 6.95. The molecule has 0 N–H and O–H groups in total. The number of non-ortho nitro benzene ring substituents is 2. The SMILES string of the molecule is O=[N+]([O-])c1cccc(C2=C3C=CC(=N3)C=C3C=CC(=N3)C=C3C=CC(=N3)C(c3cccc([N+](=O)[O-])c3)=C3C=CC2=N3)c1. The van der Waals surface area contributed by atoms with Crippen LogP contribution >= 0.6 is 0 Å². The zero-order valence-corrected chi connectivity index (χ0v) is 21.7. The lowest BCUT2D eigenvalue weighted by molar-refractivity contribution is -0.385. The van der Waals surface area contributed by atoms with Gasteiger partial charge in [-0.2, -0.15) is 0 Å². The van der Waals surface area contributed by atoms with Crippen molar-refractivity contribution in [3.8, 4) is 0 Å². The Hall–Kier alpha value is -6.16. The van der Waals surface area contributed by atoms with E-state index in [2.05, 4.69) is 4.99 Å². The van der Waals surface area contributed by atoms with Crippen LogP contribution in [0.2, 0.25) is 0 Å². The van der Waals surface area contributed by atoms with E-state index in [9.17, 15) is 20.2 Å². The highest BCUT2D eigenvalue weighted by Gasteiger charge is 2.25. The van der Waals surface area contributed by atoms with Crippen molar-refractivity contribution in [3.63, 3.8) is 0 Å². The lowest BCUT2D eigenvalue weighted by Crippen LogP contribution is -2.02. The van der Waals surface area contributed by atoms with Gasteiger partial charge in [0.05, 0.1) is 55.5 Å². The first-order chi connectivity index (χ1) is 20.4. The molecular formula is C32H18N6O4. The Kier molecular flexibility index (Phi) is 5.79. The highest BCUT2D eigenvalue weighted by Crippen LogP contribution is 2.35. The molecule has 5 heterocycles. The molecular weight excluding hydrogens is 532 g/mol. The van der Waals surface area contributed by atoms with Crippen molar-refractivity contribution in [1.29, 1.82) is 0 Å². The fourth-order valence-corrected chi connectivity index (χ4v) is 5.10. The topological polar surface area (TPSA) is 136 Å². The number of nitro groups is 2. The summed E-state index contributed by atoms with van der Waals surface area (Å²) >= 11 is 0. The number of fused-ring (bicyclic) bond motifs is 4. The second-order valence-electron chi connectivity index (χ2n) is 9.67. The number of benzene rings is 2. The molecule has 8 bridgehead atoms. The normalized spacial score (nSPS) is 18.2. The van der Waals surface area contributed by atoms with Crippen LogP contribution in [0.1, 0.15) is 11.1 Å². The maximum Gasteiger partial charge on any atom is 0.270 e. The van der Waals surface area contributed by atoms with Gasteiger partial charge in [0, 0.05) is 35.4 Å². The summed E-state index contributed by atoms with van der Waals surface area (Å²) in [6, 6.07) is 12.7. The average Bonchev–Trinajstić information content (AvgIpc) is 3.80. The molecule has 0 radical (unpaired) electrons. The van der Waals surface area contributed by atoms with Gasteiger partial charge in [0.15, 0.2) is 0 Å². The fourth-order valence-electron chi connectivity index (χ4n) is 5.10. The Morgan fingerprint density at radius 3 is 1.69 bits per heavy atom. The van der Waals surface area contributed by atoms with Gasteiger partial charge in [0.2, 0.25) is 0 Å². The minimum Gasteiger partial charge on any atom is -0.258 e. The monoisotopic (exact) mass is 550 g/mol.